The molecule has 2 N–H and O–H groups in total. The Kier molecular flexibility index (Phi) is 7.41. The molecule has 0 aliphatic carbocycles. The SMILES string of the molecule is CCN(CC(=O)O)C1CCN(C(=O)NC(c2cccc(F)c2)C(C)(C)C)CC1. The molecule has 0 radical (unpaired) electrons. The number of likely N-dealkylation sites (N-methyl/N-ethyl adjacent to an activating group) is 1. The molecule has 28 heavy (non-hydrogen) atoms. The zero-order valence-corrected chi connectivity index (χ0v) is 17.2. The Bertz CT molecular complexity index is 682. The Morgan fingerprint density at radius 2 is 1.96 bits per heavy atom. The number of carboxylic acid groups (broad SMARTS) is 1. The molecule has 1 aromatic carbocycles. The van der Waals surface area contributed by atoms with E-state index in [0.717, 1.165) is 18.4 Å². The monoisotopic (exact) mass is 393 g/mol. The van der Waals surface area contributed by atoms with Crippen LogP contribution in [0.25, 0.3) is 0 Å². The predicted octanol–water partition coefficient (Wildman–Crippen LogP) is 3.49. The van der Waals surface area contributed by atoms with Crippen molar-refractivity contribution in [1.82, 2.24) is 15.1 Å². The summed E-state index contributed by atoms with van der Waals surface area (Å²) < 4.78 is 13.7. The molecule has 156 valence electrons. The zero-order valence-electron chi connectivity index (χ0n) is 17.2. The number of carbonyl (C=O) groups excluding carboxylic acids is 1. The number of rotatable bonds is 6. The van der Waals surface area contributed by atoms with Gasteiger partial charge in [-0.25, -0.2) is 9.18 Å². The van der Waals surface area contributed by atoms with Gasteiger partial charge in [-0.1, -0.05) is 39.8 Å². The molecule has 0 spiro atoms. The lowest BCUT2D eigenvalue weighted by atomic mass is 9.82. The van der Waals surface area contributed by atoms with Gasteiger partial charge in [0.25, 0.3) is 0 Å². The number of carboxylic acids is 1. The van der Waals surface area contributed by atoms with Crippen LogP contribution in [0.2, 0.25) is 0 Å². The van der Waals surface area contributed by atoms with Gasteiger partial charge < -0.3 is 15.3 Å². The Hall–Kier alpha value is -2.15. The summed E-state index contributed by atoms with van der Waals surface area (Å²) in [6.45, 7) is 9.85. The molecular formula is C21H32FN3O3. The average Bonchev–Trinajstić information content (AvgIpc) is 2.63. The Morgan fingerprint density at radius 3 is 2.46 bits per heavy atom. The summed E-state index contributed by atoms with van der Waals surface area (Å²) in [5.41, 5.74) is 0.469. The fourth-order valence-corrected chi connectivity index (χ4v) is 3.81. The van der Waals surface area contributed by atoms with Crippen LogP contribution < -0.4 is 5.32 Å². The number of carbonyl (C=O) groups is 2. The fraction of sp³-hybridized carbons (Fsp3) is 0.619. The first kappa shape index (κ1) is 22.1. The zero-order chi connectivity index (χ0) is 20.9. The third kappa shape index (κ3) is 5.92. The van der Waals surface area contributed by atoms with Crippen LogP contribution in [0.5, 0.6) is 0 Å². The van der Waals surface area contributed by atoms with Crippen LogP contribution in [-0.4, -0.2) is 59.1 Å². The summed E-state index contributed by atoms with van der Waals surface area (Å²) in [5, 5.41) is 12.1. The number of aliphatic carboxylic acids is 1. The first-order valence-corrected chi connectivity index (χ1v) is 9.88. The van der Waals surface area contributed by atoms with Crippen molar-refractivity contribution in [2.45, 2.75) is 52.6 Å². The van der Waals surface area contributed by atoms with E-state index < -0.39 is 5.97 Å². The van der Waals surface area contributed by atoms with Gasteiger partial charge in [0.2, 0.25) is 0 Å². The maximum Gasteiger partial charge on any atom is 0.317 e. The van der Waals surface area contributed by atoms with Crippen LogP contribution in [0.15, 0.2) is 24.3 Å². The molecule has 1 atom stereocenters. The average molecular weight is 394 g/mol. The van der Waals surface area contributed by atoms with Crippen molar-refractivity contribution in [2.24, 2.45) is 5.41 Å². The summed E-state index contributed by atoms with van der Waals surface area (Å²) in [4.78, 5) is 27.6. The number of amides is 2. The van der Waals surface area contributed by atoms with Crippen molar-refractivity contribution in [3.63, 3.8) is 0 Å². The minimum atomic E-state index is -0.829. The van der Waals surface area contributed by atoms with Crippen LogP contribution in [0, 0.1) is 11.2 Å². The Balaban J connectivity index is 2.01. The molecule has 1 saturated heterocycles. The highest BCUT2D eigenvalue weighted by molar-refractivity contribution is 5.75. The minimum Gasteiger partial charge on any atom is -0.480 e. The minimum absolute atomic E-state index is 0.0268. The topological polar surface area (TPSA) is 72.9 Å². The summed E-state index contributed by atoms with van der Waals surface area (Å²) in [6, 6.07) is 6.04. The first-order valence-electron chi connectivity index (χ1n) is 9.88. The third-order valence-electron chi connectivity index (χ3n) is 5.33. The number of hydrogen-bond donors (Lipinski definition) is 2. The van der Waals surface area contributed by atoms with Gasteiger partial charge in [0.05, 0.1) is 12.6 Å². The quantitative estimate of drug-likeness (QED) is 0.776. The molecular weight excluding hydrogens is 361 g/mol. The van der Waals surface area contributed by atoms with Gasteiger partial charge in [0, 0.05) is 19.1 Å². The van der Waals surface area contributed by atoms with Crippen LogP contribution >= 0.6 is 0 Å². The highest BCUT2D eigenvalue weighted by Crippen LogP contribution is 2.33. The van der Waals surface area contributed by atoms with Crippen molar-refractivity contribution in [2.75, 3.05) is 26.2 Å². The molecule has 1 aromatic rings. The van der Waals surface area contributed by atoms with E-state index in [1.807, 2.05) is 38.7 Å². The number of likely N-dealkylation sites (tertiary alicyclic amines) is 1. The molecule has 2 amide bonds. The Morgan fingerprint density at radius 1 is 1.32 bits per heavy atom. The fourth-order valence-electron chi connectivity index (χ4n) is 3.81. The smallest absolute Gasteiger partial charge is 0.317 e. The van der Waals surface area contributed by atoms with E-state index in [-0.39, 0.29) is 35.9 Å². The van der Waals surface area contributed by atoms with Crippen molar-refractivity contribution < 1.29 is 19.1 Å². The van der Waals surface area contributed by atoms with E-state index in [9.17, 15) is 14.0 Å². The molecule has 0 saturated carbocycles. The summed E-state index contributed by atoms with van der Waals surface area (Å²) >= 11 is 0. The molecule has 1 aliphatic heterocycles. The molecule has 2 rings (SSSR count). The molecule has 0 aromatic heterocycles. The van der Waals surface area contributed by atoms with Crippen LogP contribution in [0.1, 0.15) is 52.1 Å². The van der Waals surface area contributed by atoms with Crippen LogP contribution in [0.3, 0.4) is 0 Å². The summed E-state index contributed by atoms with van der Waals surface area (Å²) in [7, 11) is 0. The molecule has 1 heterocycles. The lowest BCUT2D eigenvalue weighted by molar-refractivity contribution is -0.139. The molecule has 7 heteroatoms. The largest absolute Gasteiger partial charge is 0.480 e. The predicted molar refractivity (Wildman–Crippen MR) is 107 cm³/mol. The van der Waals surface area contributed by atoms with E-state index in [1.165, 1.54) is 12.1 Å². The highest BCUT2D eigenvalue weighted by atomic mass is 19.1. The van der Waals surface area contributed by atoms with Crippen LogP contribution in [0.4, 0.5) is 9.18 Å². The van der Waals surface area contributed by atoms with Gasteiger partial charge in [0.15, 0.2) is 0 Å². The molecule has 1 unspecified atom stereocenters. The Labute approximate surface area is 166 Å². The van der Waals surface area contributed by atoms with Gasteiger partial charge in [-0.3, -0.25) is 9.69 Å². The number of piperidine rings is 1. The van der Waals surface area contributed by atoms with Gasteiger partial charge in [0.1, 0.15) is 5.82 Å². The van der Waals surface area contributed by atoms with Gasteiger partial charge >= 0.3 is 12.0 Å². The van der Waals surface area contributed by atoms with E-state index in [0.29, 0.717) is 19.6 Å². The molecule has 1 fully saturated rings. The second-order valence-corrected chi connectivity index (χ2v) is 8.48. The van der Waals surface area contributed by atoms with E-state index in [1.54, 1.807) is 11.0 Å². The number of hydrogen-bond acceptors (Lipinski definition) is 3. The number of halogens is 1. The number of urea groups is 1. The number of nitrogens with zero attached hydrogens (tertiary/aromatic N) is 2. The van der Waals surface area contributed by atoms with E-state index in [2.05, 4.69) is 5.32 Å². The number of benzene rings is 1. The molecule has 1 aliphatic rings. The highest BCUT2D eigenvalue weighted by Gasteiger charge is 2.32. The van der Waals surface area contributed by atoms with Gasteiger partial charge in [-0.15, -0.1) is 0 Å². The lowest BCUT2D eigenvalue weighted by Crippen LogP contribution is -2.51. The van der Waals surface area contributed by atoms with Crippen LogP contribution in [-0.2, 0) is 4.79 Å². The van der Waals surface area contributed by atoms with Crippen molar-refractivity contribution >= 4 is 12.0 Å². The van der Waals surface area contributed by atoms with Crippen molar-refractivity contribution in [3.05, 3.63) is 35.6 Å². The third-order valence-corrected chi connectivity index (χ3v) is 5.33. The van der Waals surface area contributed by atoms with Crippen molar-refractivity contribution in [3.8, 4) is 0 Å². The molecule has 6 nitrogen and oxygen atoms in total. The number of nitrogens with one attached hydrogen (secondary N) is 1. The molecule has 0 bridgehead atoms. The van der Waals surface area contributed by atoms with E-state index in [4.69, 9.17) is 5.11 Å². The normalized spacial score (nSPS) is 16.9. The summed E-state index contributed by atoms with van der Waals surface area (Å²) in [6.07, 6.45) is 1.49. The first-order chi connectivity index (χ1) is 13.1. The van der Waals surface area contributed by atoms with E-state index >= 15 is 0 Å². The second-order valence-electron chi connectivity index (χ2n) is 8.48. The summed E-state index contributed by atoms with van der Waals surface area (Å²) in [5.74, 6) is -1.15. The standard InChI is InChI=1S/C21H32FN3O3/c1-5-24(14-18(26)27)17-9-11-25(12-10-17)20(28)23-19(21(2,3)4)15-7-6-8-16(22)13-15/h6-8,13,17,19H,5,9-12,14H2,1-4H3,(H,23,28)(H,26,27). The lowest BCUT2D eigenvalue weighted by Gasteiger charge is -2.39. The van der Waals surface area contributed by atoms with Gasteiger partial charge in [-0.2, -0.15) is 0 Å². The van der Waals surface area contributed by atoms with Gasteiger partial charge in [-0.05, 0) is 42.5 Å². The maximum atomic E-state index is 13.7. The second kappa shape index (κ2) is 9.37. The maximum absolute atomic E-state index is 13.7. The van der Waals surface area contributed by atoms with Crippen molar-refractivity contribution in [1.29, 1.82) is 0 Å².